The first kappa shape index (κ1) is 10.3. The smallest absolute Gasteiger partial charge is 0.254 e. The Morgan fingerprint density at radius 2 is 2.29 bits per heavy atom. The number of hydrogen-bond donors (Lipinski definition) is 0. The summed E-state index contributed by atoms with van der Waals surface area (Å²) in [6.07, 6.45) is 0.742. The van der Waals surface area contributed by atoms with Crippen LogP contribution in [0.2, 0.25) is 5.02 Å². The van der Waals surface area contributed by atoms with Crippen molar-refractivity contribution in [2.24, 2.45) is 0 Å². The van der Waals surface area contributed by atoms with Gasteiger partial charge in [-0.1, -0.05) is 17.7 Å². The van der Waals surface area contributed by atoms with Gasteiger partial charge >= 0.3 is 0 Å². The van der Waals surface area contributed by atoms with Crippen molar-refractivity contribution in [1.82, 2.24) is 0 Å². The highest BCUT2D eigenvalue weighted by atomic mass is 79.9. The Morgan fingerprint density at radius 3 is 2.93 bits per heavy atom. The minimum absolute atomic E-state index is 0.0734. The minimum atomic E-state index is -0.570. The summed E-state index contributed by atoms with van der Waals surface area (Å²) >= 11 is 14.6. The average molecular weight is 296 g/mol. The zero-order valence-electron chi connectivity index (χ0n) is 6.89. The van der Waals surface area contributed by atoms with E-state index in [-0.39, 0.29) is 10.6 Å². The van der Waals surface area contributed by atoms with Gasteiger partial charge in [0.1, 0.15) is 5.75 Å². The van der Waals surface area contributed by atoms with Crippen LogP contribution in [0.3, 0.4) is 0 Å². The average Bonchev–Trinajstić information content (AvgIpc) is 2.46. The van der Waals surface area contributed by atoms with Gasteiger partial charge < -0.3 is 4.74 Å². The second-order valence-corrected chi connectivity index (χ2v) is 4.66. The molecule has 0 saturated heterocycles. The molecule has 0 saturated carbocycles. The fourth-order valence-electron chi connectivity index (χ4n) is 1.38. The normalized spacial score (nSPS) is 18.9. The van der Waals surface area contributed by atoms with E-state index in [9.17, 15) is 4.79 Å². The second kappa shape index (κ2) is 3.72. The van der Waals surface area contributed by atoms with Gasteiger partial charge in [-0.05, 0) is 33.6 Å². The van der Waals surface area contributed by atoms with Crippen molar-refractivity contribution in [3.05, 3.63) is 28.3 Å². The van der Waals surface area contributed by atoms with Crippen molar-refractivity contribution >= 4 is 44.4 Å². The number of carbonyl (C=O) groups excluding carboxylic acids is 1. The molecule has 1 aliphatic heterocycles. The number of ether oxygens (including phenoxy) is 1. The Hall–Kier alpha value is -0.250. The van der Waals surface area contributed by atoms with Gasteiger partial charge in [-0.3, -0.25) is 4.79 Å². The summed E-state index contributed by atoms with van der Waals surface area (Å²) in [5.74, 6) is 0.556. The third kappa shape index (κ3) is 1.64. The van der Waals surface area contributed by atoms with Crippen LogP contribution in [0.5, 0.6) is 5.75 Å². The van der Waals surface area contributed by atoms with Crippen molar-refractivity contribution in [2.75, 3.05) is 0 Å². The molecule has 2 nitrogen and oxygen atoms in total. The van der Waals surface area contributed by atoms with Crippen LogP contribution in [0.25, 0.3) is 0 Å². The third-order valence-corrected chi connectivity index (χ3v) is 3.11. The second-order valence-electron chi connectivity index (χ2n) is 2.92. The number of halogens is 3. The van der Waals surface area contributed by atoms with Crippen LogP contribution in [0, 0.1) is 0 Å². The van der Waals surface area contributed by atoms with Crippen LogP contribution in [-0.4, -0.2) is 10.3 Å². The first-order chi connectivity index (χ1) is 6.59. The van der Waals surface area contributed by atoms with Gasteiger partial charge in [0.2, 0.25) is 0 Å². The van der Waals surface area contributed by atoms with E-state index >= 15 is 0 Å². The van der Waals surface area contributed by atoms with Gasteiger partial charge in [-0.2, -0.15) is 0 Å². The Kier molecular flexibility index (Phi) is 2.73. The van der Waals surface area contributed by atoms with Gasteiger partial charge in [0.25, 0.3) is 5.24 Å². The van der Waals surface area contributed by atoms with Crippen molar-refractivity contribution in [2.45, 2.75) is 11.4 Å². The summed E-state index contributed by atoms with van der Waals surface area (Å²) in [6.45, 7) is 0. The molecule has 1 heterocycles. The molecule has 14 heavy (non-hydrogen) atoms. The maximum atomic E-state index is 11.0. The van der Waals surface area contributed by atoms with E-state index in [0.29, 0.717) is 10.8 Å². The Bertz CT molecular complexity index is 406. The summed E-state index contributed by atoms with van der Waals surface area (Å²) in [5, 5.41) is -0.348. The predicted octanol–water partition coefficient (Wildman–Crippen LogP) is 3.37. The topological polar surface area (TPSA) is 26.3 Å². The number of hydrogen-bond acceptors (Lipinski definition) is 2. The summed E-state index contributed by atoms with van der Waals surface area (Å²) < 4.78 is 5.40. The molecule has 1 unspecified atom stereocenters. The van der Waals surface area contributed by atoms with E-state index in [0.717, 1.165) is 12.0 Å². The van der Waals surface area contributed by atoms with Crippen molar-refractivity contribution in [3.8, 4) is 5.75 Å². The van der Waals surface area contributed by atoms with Gasteiger partial charge in [0.05, 0.1) is 10.6 Å². The molecule has 0 N–H and O–H groups in total. The molecule has 74 valence electrons. The van der Waals surface area contributed by atoms with E-state index in [1.165, 1.54) is 0 Å². The molecular weight excluding hydrogens is 291 g/mol. The lowest BCUT2D eigenvalue weighted by Crippen LogP contribution is -2.01. The molecule has 0 radical (unpaired) electrons. The number of carbonyl (C=O) groups is 1. The summed E-state index contributed by atoms with van der Waals surface area (Å²) in [6, 6.07) is 3.42. The first-order valence-electron chi connectivity index (χ1n) is 3.91. The molecule has 0 aromatic heterocycles. The quantitative estimate of drug-likeness (QED) is 0.586. The lowest BCUT2D eigenvalue weighted by Gasteiger charge is -2.05. The van der Waals surface area contributed by atoms with E-state index in [1.54, 1.807) is 12.1 Å². The van der Waals surface area contributed by atoms with E-state index in [4.69, 9.17) is 27.9 Å². The van der Waals surface area contributed by atoms with E-state index < -0.39 is 5.24 Å². The van der Waals surface area contributed by atoms with Gasteiger partial charge in [-0.25, -0.2) is 0 Å². The Labute approximate surface area is 99.3 Å². The van der Waals surface area contributed by atoms with E-state index in [2.05, 4.69) is 15.9 Å². The highest BCUT2D eigenvalue weighted by Crippen LogP contribution is 2.39. The van der Waals surface area contributed by atoms with Crippen LogP contribution < -0.4 is 4.74 Å². The highest BCUT2D eigenvalue weighted by molar-refractivity contribution is 9.09. The van der Waals surface area contributed by atoms with Crippen molar-refractivity contribution in [1.29, 1.82) is 0 Å². The molecule has 1 atom stereocenters. The number of benzene rings is 1. The fraction of sp³-hybridized carbons (Fsp3) is 0.222. The first-order valence-corrected chi connectivity index (χ1v) is 5.58. The molecule has 5 heteroatoms. The SMILES string of the molecule is O=C(Cl)c1ccc2c(c1Cl)OC(Br)C2. The summed E-state index contributed by atoms with van der Waals surface area (Å²) in [7, 11) is 0. The number of fused-ring (bicyclic) bond motifs is 1. The molecule has 0 amide bonds. The molecule has 1 aromatic rings. The van der Waals surface area contributed by atoms with Crippen LogP contribution in [0.4, 0.5) is 0 Å². The lowest BCUT2D eigenvalue weighted by molar-refractivity contribution is 0.108. The molecule has 0 spiro atoms. The summed E-state index contributed by atoms with van der Waals surface area (Å²) in [4.78, 5) is 11.0. The molecule has 2 rings (SSSR count). The van der Waals surface area contributed by atoms with Crippen LogP contribution in [-0.2, 0) is 6.42 Å². The van der Waals surface area contributed by atoms with Gasteiger partial charge in [-0.15, -0.1) is 0 Å². The zero-order chi connectivity index (χ0) is 10.3. The molecule has 0 fully saturated rings. The van der Waals surface area contributed by atoms with Gasteiger partial charge in [0, 0.05) is 12.0 Å². The molecular formula is C9H5BrCl2O2. The maximum absolute atomic E-state index is 11.0. The van der Waals surface area contributed by atoms with Gasteiger partial charge in [0.15, 0.2) is 5.01 Å². The van der Waals surface area contributed by atoms with Crippen molar-refractivity contribution < 1.29 is 9.53 Å². The standard InChI is InChI=1S/C9H5BrCl2O2/c10-6-3-4-1-2-5(9(12)13)7(11)8(4)14-6/h1-2,6H,3H2. The maximum Gasteiger partial charge on any atom is 0.254 e. The predicted molar refractivity (Wildman–Crippen MR) is 58.7 cm³/mol. The van der Waals surface area contributed by atoms with Crippen LogP contribution >= 0.6 is 39.1 Å². The largest absolute Gasteiger partial charge is 0.477 e. The number of rotatable bonds is 1. The monoisotopic (exact) mass is 294 g/mol. The van der Waals surface area contributed by atoms with Crippen LogP contribution in [0.1, 0.15) is 15.9 Å². The molecule has 0 aliphatic carbocycles. The Balaban J connectivity index is 2.53. The minimum Gasteiger partial charge on any atom is -0.477 e. The number of alkyl halides is 1. The van der Waals surface area contributed by atoms with Crippen LogP contribution in [0.15, 0.2) is 12.1 Å². The Morgan fingerprint density at radius 1 is 1.57 bits per heavy atom. The fourth-order valence-corrected chi connectivity index (χ4v) is 2.43. The zero-order valence-corrected chi connectivity index (χ0v) is 9.99. The van der Waals surface area contributed by atoms with E-state index in [1.807, 2.05) is 0 Å². The summed E-state index contributed by atoms with van der Waals surface area (Å²) in [5.41, 5.74) is 1.27. The molecule has 1 aliphatic rings. The lowest BCUT2D eigenvalue weighted by atomic mass is 10.1. The highest BCUT2D eigenvalue weighted by Gasteiger charge is 2.25. The third-order valence-electron chi connectivity index (χ3n) is 2.02. The van der Waals surface area contributed by atoms with Crippen molar-refractivity contribution in [3.63, 3.8) is 0 Å². The molecule has 0 bridgehead atoms. The molecule has 1 aromatic carbocycles.